The van der Waals surface area contributed by atoms with Gasteiger partial charge in [-0.3, -0.25) is 4.79 Å². The molecule has 0 aliphatic heterocycles. The zero-order chi connectivity index (χ0) is 16.1. The number of benzene rings is 1. The second kappa shape index (κ2) is 7.79. The Morgan fingerprint density at radius 2 is 2.05 bits per heavy atom. The Hall–Kier alpha value is -1.33. The van der Waals surface area contributed by atoms with Crippen molar-refractivity contribution in [3.8, 4) is 0 Å². The van der Waals surface area contributed by atoms with Crippen LogP contribution in [-0.2, 0) is 5.75 Å². The molecule has 0 saturated carbocycles. The van der Waals surface area contributed by atoms with Gasteiger partial charge in [0, 0.05) is 22.1 Å². The quantitative estimate of drug-likeness (QED) is 0.790. The molecule has 1 unspecified atom stereocenters. The van der Waals surface area contributed by atoms with Gasteiger partial charge in [-0.2, -0.15) is 0 Å². The molecule has 0 fully saturated rings. The summed E-state index contributed by atoms with van der Waals surface area (Å²) < 4.78 is 0. The molecular formula is C17H22N2OS2. The van der Waals surface area contributed by atoms with Crippen LogP contribution in [0.3, 0.4) is 0 Å². The van der Waals surface area contributed by atoms with Crippen LogP contribution in [0, 0.1) is 12.8 Å². The second-order valence-electron chi connectivity index (χ2n) is 5.65. The van der Waals surface area contributed by atoms with Crippen molar-refractivity contribution in [3.05, 3.63) is 45.9 Å². The standard InChI is InChI=1S/C17H22N2OS2/c1-11(2)12(3)18-17(20)15-7-5-6-8-16(15)22-10-14-9-21-13(4)19-14/h5-9,11-12H,10H2,1-4H3,(H,18,20). The van der Waals surface area contributed by atoms with E-state index in [1.165, 1.54) is 0 Å². The molecule has 0 aliphatic rings. The largest absolute Gasteiger partial charge is 0.349 e. The predicted molar refractivity (Wildman–Crippen MR) is 94.6 cm³/mol. The Balaban J connectivity index is 2.07. The molecule has 0 spiro atoms. The van der Waals surface area contributed by atoms with Crippen LogP contribution in [0.2, 0.25) is 0 Å². The van der Waals surface area contributed by atoms with Crippen molar-refractivity contribution in [1.29, 1.82) is 0 Å². The third kappa shape index (κ3) is 4.58. The van der Waals surface area contributed by atoms with Crippen molar-refractivity contribution in [3.63, 3.8) is 0 Å². The normalized spacial score (nSPS) is 12.4. The van der Waals surface area contributed by atoms with Crippen molar-refractivity contribution in [2.75, 3.05) is 0 Å². The van der Waals surface area contributed by atoms with Crippen LogP contribution < -0.4 is 5.32 Å². The van der Waals surface area contributed by atoms with E-state index >= 15 is 0 Å². The van der Waals surface area contributed by atoms with Crippen LogP contribution in [0.1, 0.15) is 41.8 Å². The number of amides is 1. The van der Waals surface area contributed by atoms with E-state index in [4.69, 9.17) is 0 Å². The van der Waals surface area contributed by atoms with Gasteiger partial charge in [-0.25, -0.2) is 4.98 Å². The smallest absolute Gasteiger partial charge is 0.252 e. The molecule has 1 aromatic heterocycles. The molecule has 3 nitrogen and oxygen atoms in total. The van der Waals surface area contributed by atoms with E-state index in [2.05, 4.69) is 29.5 Å². The number of carbonyl (C=O) groups is 1. The highest BCUT2D eigenvalue weighted by molar-refractivity contribution is 7.98. The van der Waals surface area contributed by atoms with E-state index in [0.29, 0.717) is 5.92 Å². The number of nitrogens with zero attached hydrogens (tertiary/aromatic N) is 1. The molecular weight excluding hydrogens is 312 g/mol. The first-order valence-electron chi connectivity index (χ1n) is 7.41. The molecule has 5 heteroatoms. The van der Waals surface area contributed by atoms with Crippen LogP contribution >= 0.6 is 23.1 Å². The van der Waals surface area contributed by atoms with Crippen molar-refractivity contribution < 1.29 is 4.79 Å². The third-order valence-electron chi connectivity index (χ3n) is 3.53. The van der Waals surface area contributed by atoms with Crippen molar-refractivity contribution in [2.24, 2.45) is 5.92 Å². The van der Waals surface area contributed by atoms with Crippen LogP contribution in [0.5, 0.6) is 0 Å². The highest BCUT2D eigenvalue weighted by Crippen LogP contribution is 2.27. The molecule has 0 bridgehead atoms. The summed E-state index contributed by atoms with van der Waals surface area (Å²) in [5, 5.41) is 6.22. The number of carbonyl (C=O) groups excluding carboxylic acids is 1. The Kier molecular flexibility index (Phi) is 6.03. The molecule has 1 N–H and O–H groups in total. The summed E-state index contributed by atoms with van der Waals surface area (Å²) >= 11 is 3.32. The Bertz CT molecular complexity index is 637. The van der Waals surface area contributed by atoms with E-state index in [9.17, 15) is 4.79 Å². The number of aromatic nitrogens is 1. The van der Waals surface area contributed by atoms with Crippen LogP contribution in [-0.4, -0.2) is 16.9 Å². The molecule has 2 rings (SSSR count). The average Bonchev–Trinajstić information content (AvgIpc) is 2.90. The number of hydrogen-bond acceptors (Lipinski definition) is 4. The first-order chi connectivity index (χ1) is 10.5. The van der Waals surface area contributed by atoms with Crippen molar-refractivity contribution in [1.82, 2.24) is 10.3 Å². The SMILES string of the molecule is Cc1nc(CSc2ccccc2C(=O)NC(C)C(C)C)cs1. The highest BCUT2D eigenvalue weighted by Gasteiger charge is 2.15. The van der Waals surface area contributed by atoms with Gasteiger partial charge in [0.25, 0.3) is 5.91 Å². The Morgan fingerprint density at radius 1 is 1.32 bits per heavy atom. The molecule has 1 heterocycles. The number of nitrogens with one attached hydrogen (secondary N) is 1. The monoisotopic (exact) mass is 334 g/mol. The molecule has 0 radical (unpaired) electrons. The molecule has 0 aliphatic carbocycles. The zero-order valence-electron chi connectivity index (χ0n) is 13.4. The molecule has 1 amide bonds. The van der Waals surface area contributed by atoms with Gasteiger partial charge in [0.2, 0.25) is 0 Å². The number of aryl methyl sites for hydroxylation is 1. The lowest BCUT2D eigenvalue weighted by molar-refractivity contribution is 0.0927. The second-order valence-corrected chi connectivity index (χ2v) is 7.73. The zero-order valence-corrected chi connectivity index (χ0v) is 15.1. The lowest BCUT2D eigenvalue weighted by Gasteiger charge is -2.18. The van der Waals surface area contributed by atoms with E-state index in [1.54, 1.807) is 23.1 Å². The fourth-order valence-electron chi connectivity index (χ4n) is 1.86. The molecule has 0 saturated heterocycles. The van der Waals surface area contributed by atoms with E-state index < -0.39 is 0 Å². The van der Waals surface area contributed by atoms with E-state index in [1.807, 2.05) is 38.1 Å². The Labute approximate surface area is 140 Å². The fourth-order valence-corrected chi connectivity index (χ4v) is 3.52. The summed E-state index contributed by atoms with van der Waals surface area (Å²) in [6.07, 6.45) is 0. The van der Waals surface area contributed by atoms with Gasteiger partial charge in [0.1, 0.15) is 0 Å². The topological polar surface area (TPSA) is 42.0 Å². The molecule has 2 aromatic rings. The highest BCUT2D eigenvalue weighted by atomic mass is 32.2. The summed E-state index contributed by atoms with van der Waals surface area (Å²) in [4.78, 5) is 17.9. The van der Waals surface area contributed by atoms with Gasteiger partial charge >= 0.3 is 0 Å². The third-order valence-corrected chi connectivity index (χ3v) is 5.46. The van der Waals surface area contributed by atoms with Gasteiger partial charge in [-0.15, -0.1) is 23.1 Å². The summed E-state index contributed by atoms with van der Waals surface area (Å²) in [5.41, 5.74) is 1.81. The van der Waals surface area contributed by atoms with E-state index in [-0.39, 0.29) is 11.9 Å². The van der Waals surface area contributed by atoms with Crippen molar-refractivity contribution >= 4 is 29.0 Å². The lowest BCUT2D eigenvalue weighted by Crippen LogP contribution is -2.36. The maximum absolute atomic E-state index is 12.5. The maximum Gasteiger partial charge on any atom is 0.252 e. The Morgan fingerprint density at radius 3 is 2.68 bits per heavy atom. The minimum Gasteiger partial charge on any atom is -0.349 e. The maximum atomic E-state index is 12.5. The molecule has 1 atom stereocenters. The van der Waals surface area contributed by atoms with Gasteiger partial charge < -0.3 is 5.32 Å². The number of thioether (sulfide) groups is 1. The average molecular weight is 335 g/mol. The van der Waals surface area contributed by atoms with Crippen LogP contribution in [0.25, 0.3) is 0 Å². The number of hydrogen-bond donors (Lipinski definition) is 1. The predicted octanol–water partition coefficient (Wildman–Crippen LogP) is 4.52. The summed E-state index contributed by atoms with van der Waals surface area (Å²) in [7, 11) is 0. The summed E-state index contributed by atoms with van der Waals surface area (Å²) in [5.74, 6) is 1.20. The number of thiazole rings is 1. The summed E-state index contributed by atoms with van der Waals surface area (Å²) in [6, 6.07) is 7.92. The van der Waals surface area contributed by atoms with Crippen LogP contribution in [0.4, 0.5) is 0 Å². The lowest BCUT2D eigenvalue weighted by atomic mass is 10.1. The summed E-state index contributed by atoms with van der Waals surface area (Å²) in [6.45, 7) is 8.26. The fraction of sp³-hybridized carbons (Fsp3) is 0.412. The van der Waals surface area contributed by atoms with Crippen molar-refractivity contribution in [2.45, 2.75) is 44.4 Å². The minimum absolute atomic E-state index is 0.00115. The molecule has 118 valence electrons. The van der Waals surface area contributed by atoms with E-state index in [0.717, 1.165) is 26.9 Å². The minimum atomic E-state index is -0.00115. The van der Waals surface area contributed by atoms with Gasteiger partial charge in [0.15, 0.2) is 0 Å². The molecule has 22 heavy (non-hydrogen) atoms. The molecule has 1 aromatic carbocycles. The van der Waals surface area contributed by atoms with Crippen LogP contribution in [0.15, 0.2) is 34.5 Å². The van der Waals surface area contributed by atoms with Gasteiger partial charge in [0.05, 0.1) is 16.3 Å². The van der Waals surface area contributed by atoms with Gasteiger partial charge in [-0.1, -0.05) is 26.0 Å². The first kappa shape index (κ1) is 17.0. The van der Waals surface area contributed by atoms with Gasteiger partial charge in [-0.05, 0) is 31.9 Å². The number of rotatable bonds is 6. The first-order valence-corrected chi connectivity index (χ1v) is 9.27.